The highest BCUT2D eigenvalue weighted by Crippen LogP contribution is 2.49. The maximum Gasteiger partial charge on any atom is 0.131 e. The summed E-state index contributed by atoms with van der Waals surface area (Å²) in [5.41, 5.74) is 5.28. The van der Waals surface area contributed by atoms with Gasteiger partial charge in [-0.3, -0.25) is 0 Å². The van der Waals surface area contributed by atoms with Gasteiger partial charge in [-0.2, -0.15) is 0 Å². The minimum absolute atomic E-state index is 0.179. The van der Waals surface area contributed by atoms with Gasteiger partial charge in [0.15, 0.2) is 0 Å². The summed E-state index contributed by atoms with van der Waals surface area (Å²) < 4.78 is 6.00. The minimum Gasteiger partial charge on any atom is -0.487 e. The van der Waals surface area contributed by atoms with Crippen LogP contribution in [0.4, 0.5) is 0 Å². The molecule has 142 valence electrons. The molecule has 2 aromatic carbocycles. The third-order valence-electron chi connectivity index (χ3n) is 6.28. The molecule has 0 atom stereocenters. The summed E-state index contributed by atoms with van der Waals surface area (Å²) in [5.74, 6) is 2.44. The molecule has 2 aliphatic carbocycles. The molecule has 1 aromatic heterocycles. The molecule has 2 fully saturated rings. The summed E-state index contributed by atoms with van der Waals surface area (Å²) in [6.45, 7) is 2.64. The Bertz CT molecular complexity index is 955. The van der Waals surface area contributed by atoms with Gasteiger partial charge in [0.25, 0.3) is 0 Å². The third kappa shape index (κ3) is 3.30. The quantitative estimate of drug-likeness (QED) is 0.557. The molecular formula is C25H26N2O. The molecule has 2 aliphatic rings. The fourth-order valence-corrected chi connectivity index (χ4v) is 4.21. The normalized spacial score (nSPS) is 17.8. The Kier molecular flexibility index (Phi) is 4.38. The number of hydrogen-bond donors (Lipinski definition) is 0. The highest BCUT2D eigenvalue weighted by Gasteiger charge is 2.40. The minimum atomic E-state index is 0.179. The van der Waals surface area contributed by atoms with Crippen LogP contribution in [0, 0.1) is 6.92 Å². The Morgan fingerprint density at radius 3 is 2.21 bits per heavy atom. The molecule has 3 aromatic rings. The van der Waals surface area contributed by atoms with Crippen molar-refractivity contribution in [2.45, 2.75) is 57.0 Å². The zero-order valence-electron chi connectivity index (χ0n) is 16.4. The molecule has 3 heteroatoms. The van der Waals surface area contributed by atoms with Crippen LogP contribution in [0.2, 0.25) is 0 Å². The zero-order valence-corrected chi connectivity index (χ0v) is 16.4. The third-order valence-corrected chi connectivity index (χ3v) is 6.28. The zero-order chi connectivity index (χ0) is 19.0. The second-order valence-corrected chi connectivity index (χ2v) is 8.30. The van der Waals surface area contributed by atoms with E-state index in [9.17, 15) is 0 Å². The standard InChI is InChI=1S/C25H26N2O/c1-18-3-7-20(8-4-18)25(14-2-15-25)21-9-11-23(12-10-21)28-17-22-13-16-26-24(27-22)19-5-6-19/h3-4,7-13,16,19H,2,5-6,14-15,17H2,1H3. The van der Waals surface area contributed by atoms with Crippen molar-refractivity contribution in [1.82, 2.24) is 9.97 Å². The largest absolute Gasteiger partial charge is 0.487 e. The van der Waals surface area contributed by atoms with Crippen molar-refractivity contribution in [2.24, 2.45) is 0 Å². The molecule has 1 heterocycles. The van der Waals surface area contributed by atoms with Crippen molar-refractivity contribution in [3.8, 4) is 5.75 Å². The van der Waals surface area contributed by atoms with Crippen molar-refractivity contribution < 1.29 is 4.74 Å². The lowest BCUT2D eigenvalue weighted by molar-refractivity contribution is 0.294. The molecule has 0 N–H and O–H groups in total. The van der Waals surface area contributed by atoms with Crippen LogP contribution in [-0.2, 0) is 12.0 Å². The van der Waals surface area contributed by atoms with Crippen LogP contribution >= 0.6 is 0 Å². The van der Waals surface area contributed by atoms with Crippen molar-refractivity contribution in [3.05, 3.63) is 89.0 Å². The Morgan fingerprint density at radius 2 is 1.61 bits per heavy atom. The lowest BCUT2D eigenvalue weighted by Crippen LogP contribution is -2.35. The van der Waals surface area contributed by atoms with Gasteiger partial charge in [-0.15, -0.1) is 0 Å². The van der Waals surface area contributed by atoms with E-state index in [4.69, 9.17) is 4.74 Å². The first kappa shape index (κ1) is 17.4. The summed E-state index contributed by atoms with van der Waals surface area (Å²) in [5, 5.41) is 0. The molecule has 0 radical (unpaired) electrons. The summed E-state index contributed by atoms with van der Waals surface area (Å²) in [4.78, 5) is 9.02. The predicted molar refractivity (Wildman–Crippen MR) is 111 cm³/mol. The predicted octanol–water partition coefficient (Wildman–Crippen LogP) is 5.71. The molecule has 0 aliphatic heterocycles. The number of aryl methyl sites for hydroxylation is 1. The van der Waals surface area contributed by atoms with Crippen molar-refractivity contribution in [2.75, 3.05) is 0 Å². The van der Waals surface area contributed by atoms with E-state index in [1.807, 2.05) is 12.3 Å². The maximum absolute atomic E-state index is 6.00. The molecule has 5 rings (SSSR count). The Balaban J connectivity index is 1.30. The van der Waals surface area contributed by atoms with Gasteiger partial charge in [-0.1, -0.05) is 48.4 Å². The van der Waals surface area contributed by atoms with Crippen molar-refractivity contribution in [1.29, 1.82) is 0 Å². The summed E-state index contributed by atoms with van der Waals surface area (Å²) in [7, 11) is 0. The summed E-state index contributed by atoms with van der Waals surface area (Å²) in [6, 6.07) is 19.7. The number of aromatic nitrogens is 2. The SMILES string of the molecule is Cc1ccc(C2(c3ccc(OCc4ccnc(C5CC5)n4)cc3)CCC2)cc1. The highest BCUT2D eigenvalue weighted by molar-refractivity contribution is 5.44. The second-order valence-electron chi connectivity index (χ2n) is 8.30. The van der Waals surface area contributed by atoms with E-state index in [1.165, 1.54) is 48.8 Å². The van der Waals surface area contributed by atoms with Crippen LogP contribution in [0.1, 0.15) is 66.2 Å². The highest BCUT2D eigenvalue weighted by atomic mass is 16.5. The van der Waals surface area contributed by atoms with Crippen LogP contribution in [-0.4, -0.2) is 9.97 Å². The smallest absolute Gasteiger partial charge is 0.131 e. The van der Waals surface area contributed by atoms with Crippen LogP contribution in [0.15, 0.2) is 60.8 Å². The summed E-state index contributed by atoms with van der Waals surface area (Å²) >= 11 is 0. The van der Waals surface area contributed by atoms with E-state index in [2.05, 4.69) is 65.4 Å². The lowest BCUT2D eigenvalue weighted by atomic mass is 9.60. The van der Waals surface area contributed by atoms with Gasteiger partial charge >= 0.3 is 0 Å². The van der Waals surface area contributed by atoms with Crippen LogP contribution in [0.3, 0.4) is 0 Å². The molecule has 28 heavy (non-hydrogen) atoms. The maximum atomic E-state index is 6.00. The van der Waals surface area contributed by atoms with Gasteiger partial charge in [-0.25, -0.2) is 9.97 Å². The fraction of sp³-hybridized carbons (Fsp3) is 0.360. The first-order valence-corrected chi connectivity index (χ1v) is 10.4. The van der Waals surface area contributed by atoms with Gasteiger partial charge in [0, 0.05) is 17.5 Å². The van der Waals surface area contributed by atoms with Gasteiger partial charge in [0.2, 0.25) is 0 Å². The number of nitrogens with zero attached hydrogens (tertiary/aromatic N) is 2. The van der Waals surface area contributed by atoms with E-state index in [0.29, 0.717) is 12.5 Å². The summed E-state index contributed by atoms with van der Waals surface area (Å²) in [6.07, 6.45) is 8.03. The van der Waals surface area contributed by atoms with E-state index in [1.54, 1.807) is 0 Å². The molecule has 0 spiro atoms. The average molecular weight is 370 g/mol. The Hall–Kier alpha value is -2.68. The van der Waals surface area contributed by atoms with E-state index < -0.39 is 0 Å². The number of rotatable bonds is 6. The molecular weight excluding hydrogens is 344 g/mol. The topological polar surface area (TPSA) is 35.0 Å². The van der Waals surface area contributed by atoms with Gasteiger partial charge in [0.1, 0.15) is 18.2 Å². The molecule has 3 nitrogen and oxygen atoms in total. The van der Waals surface area contributed by atoms with E-state index in [-0.39, 0.29) is 5.41 Å². The first-order chi connectivity index (χ1) is 13.7. The molecule has 0 amide bonds. The molecule has 0 unspecified atom stereocenters. The fourth-order valence-electron chi connectivity index (χ4n) is 4.21. The molecule has 0 saturated heterocycles. The Morgan fingerprint density at radius 1 is 0.929 bits per heavy atom. The molecule has 2 saturated carbocycles. The number of hydrogen-bond acceptors (Lipinski definition) is 3. The average Bonchev–Trinajstić information content (AvgIpc) is 3.54. The van der Waals surface area contributed by atoms with Crippen LogP contribution in [0.25, 0.3) is 0 Å². The second kappa shape index (κ2) is 7.05. The van der Waals surface area contributed by atoms with Crippen LogP contribution in [0.5, 0.6) is 5.75 Å². The van der Waals surface area contributed by atoms with E-state index >= 15 is 0 Å². The van der Waals surface area contributed by atoms with Crippen molar-refractivity contribution in [3.63, 3.8) is 0 Å². The molecule has 0 bridgehead atoms. The van der Waals surface area contributed by atoms with Gasteiger partial charge in [-0.05, 0) is 61.9 Å². The van der Waals surface area contributed by atoms with Crippen LogP contribution < -0.4 is 4.74 Å². The lowest BCUT2D eigenvalue weighted by Gasteiger charge is -2.43. The van der Waals surface area contributed by atoms with Gasteiger partial charge < -0.3 is 4.74 Å². The van der Waals surface area contributed by atoms with E-state index in [0.717, 1.165) is 17.3 Å². The Labute approximate surface area is 166 Å². The monoisotopic (exact) mass is 370 g/mol. The number of benzene rings is 2. The number of ether oxygens (including phenoxy) is 1. The van der Waals surface area contributed by atoms with Crippen molar-refractivity contribution >= 4 is 0 Å². The van der Waals surface area contributed by atoms with Gasteiger partial charge in [0.05, 0.1) is 5.69 Å². The first-order valence-electron chi connectivity index (χ1n) is 10.4.